The van der Waals surface area contributed by atoms with Gasteiger partial charge in [0, 0.05) is 41.4 Å². The van der Waals surface area contributed by atoms with Crippen LogP contribution in [0.2, 0.25) is 10.3 Å². The van der Waals surface area contributed by atoms with Crippen molar-refractivity contribution >= 4 is 40.9 Å². The summed E-state index contributed by atoms with van der Waals surface area (Å²) in [6.07, 6.45) is 5.39. The normalized spacial score (nSPS) is 17.2. The number of hydrogen-bond donors (Lipinski definition) is 0. The second kappa shape index (κ2) is 9.92. The number of fused-ring (bicyclic) bond motifs is 2. The molecule has 3 heterocycles. The minimum Gasteiger partial charge on any atom is -0.307 e. The molecule has 1 amide bonds. The molecule has 4 nitrogen and oxygen atoms in total. The Balaban J connectivity index is 1.32. The minimum atomic E-state index is -0.583. The van der Waals surface area contributed by atoms with Crippen LogP contribution in [0.25, 0.3) is 6.08 Å². The molecule has 3 aromatic rings. The molecule has 0 unspecified atom stereocenters. The summed E-state index contributed by atoms with van der Waals surface area (Å²) in [6, 6.07) is 12.9. The third kappa shape index (κ3) is 4.90. The van der Waals surface area contributed by atoms with E-state index in [0.717, 1.165) is 43.2 Å². The molecular formula is C28H25Cl2F2N3O. The molecule has 2 aliphatic heterocycles. The van der Waals surface area contributed by atoms with Crippen molar-refractivity contribution in [3.63, 3.8) is 0 Å². The quantitative estimate of drug-likeness (QED) is 0.355. The second-order valence-electron chi connectivity index (χ2n) is 9.56. The monoisotopic (exact) mass is 527 g/mol. The van der Waals surface area contributed by atoms with E-state index in [4.69, 9.17) is 23.2 Å². The van der Waals surface area contributed by atoms with Gasteiger partial charge in [-0.25, -0.2) is 13.8 Å². The Morgan fingerprint density at radius 3 is 2.47 bits per heavy atom. The van der Waals surface area contributed by atoms with E-state index >= 15 is 0 Å². The van der Waals surface area contributed by atoms with Crippen molar-refractivity contribution in [1.82, 2.24) is 9.88 Å². The van der Waals surface area contributed by atoms with Gasteiger partial charge in [-0.15, -0.1) is 0 Å². The second-order valence-corrected chi connectivity index (χ2v) is 10.3. The highest BCUT2D eigenvalue weighted by Gasteiger charge is 2.46. The van der Waals surface area contributed by atoms with Crippen molar-refractivity contribution < 1.29 is 13.6 Å². The first kappa shape index (κ1) is 24.9. The van der Waals surface area contributed by atoms with Gasteiger partial charge in [0.2, 0.25) is 0 Å². The van der Waals surface area contributed by atoms with Crippen LogP contribution in [0.4, 0.5) is 14.5 Å². The average Bonchev–Trinajstić information content (AvgIpc) is 3.14. The highest BCUT2D eigenvalue weighted by Crippen LogP contribution is 2.48. The van der Waals surface area contributed by atoms with E-state index in [1.165, 1.54) is 17.7 Å². The van der Waals surface area contributed by atoms with Crippen LogP contribution in [-0.4, -0.2) is 42.0 Å². The summed E-state index contributed by atoms with van der Waals surface area (Å²) in [4.78, 5) is 21.6. The van der Waals surface area contributed by atoms with E-state index in [1.807, 2.05) is 23.1 Å². The Morgan fingerprint density at radius 2 is 1.78 bits per heavy atom. The molecule has 5 rings (SSSR count). The van der Waals surface area contributed by atoms with Crippen LogP contribution in [0.15, 0.2) is 54.6 Å². The molecule has 0 atom stereocenters. The molecule has 1 saturated heterocycles. The van der Waals surface area contributed by atoms with Crippen LogP contribution >= 0.6 is 23.2 Å². The molecule has 2 aliphatic rings. The summed E-state index contributed by atoms with van der Waals surface area (Å²) >= 11 is 12.1. The van der Waals surface area contributed by atoms with Crippen molar-refractivity contribution in [3.8, 4) is 0 Å². The number of nitrogens with zero attached hydrogens (tertiary/aromatic N) is 3. The number of hydrogen-bond acceptors (Lipinski definition) is 3. The first-order chi connectivity index (χ1) is 17.2. The Kier molecular flexibility index (Phi) is 6.86. The summed E-state index contributed by atoms with van der Waals surface area (Å²) in [5.41, 5.74) is 3.93. The Bertz CT molecular complexity index is 1330. The largest absolute Gasteiger partial charge is 0.307 e. The average molecular weight is 528 g/mol. The first-order valence-electron chi connectivity index (χ1n) is 11.8. The Hall–Kier alpha value is -2.80. The molecular weight excluding hydrogens is 503 g/mol. The van der Waals surface area contributed by atoms with E-state index in [0.29, 0.717) is 24.2 Å². The zero-order valence-corrected chi connectivity index (χ0v) is 21.3. The number of benzene rings is 2. The van der Waals surface area contributed by atoms with Crippen LogP contribution in [0.5, 0.6) is 0 Å². The zero-order valence-electron chi connectivity index (χ0n) is 19.8. The standard InChI is InChI=1S/C28H25Cl2F2N3O/c1-18-4-7-24-22(13-18)28(17-35(24)27(36)20-14-25(29)33-26(30)15-20)8-11-34(12-9-28)10-2-3-19-5-6-21(31)16-23(19)32/h2-7,13-16H,8-12,17H2,1H3/b3-2+. The fourth-order valence-corrected chi connectivity index (χ4v) is 5.73. The molecule has 0 N–H and O–H groups in total. The maximum absolute atomic E-state index is 13.9. The van der Waals surface area contributed by atoms with Crippen molar-refractivity contribution in [2.45, 2.75) is 25.2 Å². The van der Waals surface area contributed by atoms with Gasteiger partial charge < -0.3 is 4.90 Å². The van der Waals surface area contributed by atoms with E-state index in [1.54, 1.807) is 18.2 Å². The zero-order chi connectivity index (χ0) is 25.4. The SMILES string of the molecule is Cc1ccc2c(c1)C1(CCN(C/C=C/c3ccc(F)cc3F)CC1)CN2C(=O)c1cc(Cl)nc(Cl)c1. The van der Waals surface area contributed by atoms with Crippen LogP contribution in [-0.2, 0) is 5.41 Å². The van der Waals surface area contributed by atoms with Gasteiger partial charge >= 0.3 is 0 Å². The lowest BCUT2D eigenvalue weighted by Gasteiger charge is -2.39. The number of carbonyl (C=O) groups is 1. The maximum atomic E-state index is 13.9. The molecule has 1 aromatic heterocycles. The van der Waals surface area contributed by atoms with Gasteiger partial charge in [-0.05, 0) is 68.8 Å². The number of pyridine rings is 1. The Labute approximate surface area is 219 Å². The molecule has 36 heavy (non-hydrogen) atoms. The van der Waals surface area contributed by atoms with Crippen molar-refractivity contribution in [1.29, 1.82) is 0 Å². The highest BCUT2D eigenvalue weighted by atomic mass is 35.5. The number of halogens is 4. The number of piperidine rings is 1. The fraction of sp³-hybridized carbons (Fsp3) is 0.286. The van der Waals surface area contributed by atoms with Gasteiger partial charge in [0.25, 0.3) is 5.91 Å². The predicted octanol–water partition coefficient (Wildman–Crippen LogP) is 6.68. The van der Waals surface area contributed by atoms with Crippen molar-refractivity contribution in [2.24, 2.45) is 0 Å². The van der Waals surface area contributed by atoms with Crippen molar-refractivity contribution in [3.05, 3.63) is 98.8 Å². The summed E-state index contributed by atoms with van der Waals surface area (Å²) in [7, 11) is 0. The number of rotatable bonds is 4. The molecule has 1 fully saturated rings. The molecule has 1 spiro atoms. The van der Waals surface area contributed by atoms with Crippen LogP contribution in [0.1, 0.15) is 39.9 Å². The fourth-order valence-electron chi connectivity index (χ4n) is 5.26. The molecule has 2 aromatic carbocycles. The first-order valence-corrected chi connectivity index (χ1v) is 12.6. The topological polar surface area (TPSA) is 36.4 Å². The van der Waals surface area contributed by atoms with Gasteiger partial charge in [0.05, 0.1) is 0 Å². The van der Waals surface area contributed by atoms with E-state index in [2.05, 4.69) is 22.9 Å². The predicted molar refractivity (Wildman–Crippen MR) is 140 cm³/mol. The van der Waals surface area contributed by atoms with Gasteiger partial charge in [-0.2, -0.15) is 0 Å². The van der Waals surface area contributed by atoms with Gasteiger partial charge in [-0.1, -0.05) is 53.1 Å². The highest BCUT2D eigenvalue weighted by molar-refractivity contribution is 6.33. The minimum absolute atomic E-state index is 0.138. The third-order valence-electron chi connectivity index (χ3n) is 7.17. The van der Waals surface area contributed by atoms with Crippen molar-refractivity contribution in [2.75, 3.05) is 31.1 Å². The summed E-state index contributed by atoms with van der Waals surface area (Å²) in [5, 5.41) is 0.372. The lowest BCUT2D eigenvalue weighted by molar-refractivity contribution is 0.0977. The molecule has 186 valence electrons. The van der Waals surface area contributed by atoms with E-state index in [-0.39, 0.29) is 21.6 Å². The summed E-state index contributed by atoms with van der Waals surface area (Å²) in [6.45, 7) is 5.02. The van der Waals surface area contributed by atoms with Crippen LogP contribution in [0, 0.1) is 18.6 Å². The number of amides is 1. The Morgan fingerprint density at radius 1 is 1.06 bits per heavy atom. The summed E-state index contributed by atoms with van der Waals surface area (Å²) < 4.78 is 27.0. The summed E-state index contributed by atoms with van der Waals surface area (Å²) in [5.74, 6) is -1.29. The van der Waals surface area contributed by atoms with Gasteiger partial charge in [-0.3, -0.25) is 9.69 Å². The lowest BCUT2D eigenvalue weighted by Crippen LogP contribution is -2.46. The van der Waals surface area contributed by atoms with Crippen LogP contribution in [0.3, 0.4) is 0 Å². The number of anilines is 1. The molecule has 0 aliphatic carbocycles. The third-order valence-corrected chi connectivity index (χ3v) is 7.55. The molecule has 8 heteroatoms. The number of carbonyl (C=O) groups excluding carboxylic acids is 1. The van der Waals surface area contributed by atoms with E-state index < -0.39 is 11.6 Å². The molecule has 0 radical (unpaired) electrons. The van der Waals surface area contributed by atoms with Gasteiger partial charge in [0.1, 0.15) is 21.9 Å². The van der Waals surface area contributed by atoms with E-state index in [9.17, 15) is 13.6 Å². The molecule has 0 bridgehead atoms. The number of aromatic nitrogens is 1. The number of likely N-dealkylation sites (tertiary alicyclic amines) is 1. The smallest absolute Gasteiger partial charge is 0.258 e. The van der Waals surface area contributed by atoms with Gasteiger partial charge in [0.15, 0.2) is 0 Å². The maximum Gasteiger partial charge on any atom is 0.258 e. The lowest BCUT2D eigenvalue weighted by atomic mass is 9.74. The molecule has 0 saturated carbocycles. The van der Waals surface area contributed by atoms with Crippen LogP contribution < -0.4 is 4.90 Å². The number of aryl methyl sites for hydroxylation is 1.